The highest BCUT2D eigenvalue weighted by Gasteiger charge is 2.31. The molecule has 1 aromatic carbocycles. The molecule has 0 aliphatic heterocycles. The van der Waals surface area contributed by atoms with Gasteiger partial charge in [-0.25, -0.2) is 22.0 Å². The molecule has 3 unspecified atom stereocenters. The lowest BCUT2D eigenvalue weighted by molar-refractivity contribution is -0.00570. The van der Waals surface area contributed by atoms with Crippen molar-refractivity contribution < 1.29 is 26.7 Å². The molecule has 7 heteroatoms. The minimum atomic E-state index is -3.46. The Balaban J connectivity index is 2.27. The largest absolute Gasteiger partial charge is 0.282 e. The predicted octanol–water partition coefficient (Wildman–Crippen LogP) is 4.62. The summed E-state index contributed by atoms with van der Waals surface area (Å²) in [5.41, 5.74) is 0.461. The van der Waals surface area contributed by atoms with Crippen LogP contribution in [-0.4, -0.2) is 35.8 Å². The number of halogens is 5. The SMILES string of the molecule is O=C(SCCC(F)CC(F)C(F)C(F)F)c1ccccc1. The number of carbonyl (C=O) groups excluding carboxylic acids is 1. The van der Waals surface area contributed by atoms with Crippen LogP contribution in [0.15, 0.2) is 30.3 Å². The molecule has 118 valence electrons. The quantitative estimate of drug-likeness (QED) is 0.649. The fourth-order valence-electron chi connectivity index (χ4n) is 1.59. The third kappa shape index (κ3) is 6.46. The highest BCUT2D eigenvalue weighted by Crippen LogP contribution is 2.22. The summed E-state index contributed by atoms with van der Waals surface area (Å²) in [6.07, 6.45) is -11.8. The number of hydrogen-bond acceptors (Lipinski definition) is 2. The van der Waals surface area contributed by atoms with Crippen LogP contribution in [0.4, 0.5) is 22.0 Å². The van der Waals surface area contributed by atoms with Gasteiger partial charge in [-0.15, -0.1) is 0 Å². The standard InChI is InChI=1S/C14H15F5OS/c15-10(8-11(16)12(17)13(18)19)6-7-21-14(20)9-4-2-1-3-5-9/h1-5,10-13H,6-8H2. The topological polar surface area (TPSA) is 17.1 Å². The van der Waals surface area contributed by atoms with Crippen LogP contribution >= 0.6 is 11.8 Å². The van der Waals surface area contributed by atoms with Gasteiger partial charge < -0.3 is 0 Å². The number of benzene rings is 1. The summed E-state index contributed by atoms with van der Waals surface area (Å²) in [5, 5.41) is -0.254. The summed E-state index contributed by atoms with van der Waals surface area (Å²) < 4.78 is 62.7. The van der Waals surface area contributed by atoms with Gasteiger partial charge >= 0.3 is 0 Å². The van der Waals surface area contributed by atoms with Crippen LogP contribution in [0.3, 0.4) is 0 Å². The summed E-state index contributed by atoms with van der Waals surface area (Å²) in [6.45, 7) is 0. The van der Waals surface area contributed by atoms with E-state index in [4.69, 9.17) is 0 Å². The Bertz CT molecular complexity index is 429. The first kappa shape index (κ1) is 17.9. The van der Waals surface area contributed by atoms with Crippen LogP contribution in [-0.2, 0) is 0 Å². The van der Waals surface area contributed by atoms with Gasteiger partial charge in [-0.3, -0.25) is 4.79 Å². The zero-order chi connectivity index (χ0) is 15.8. The number of rotatable bonds is 8. The molecular formula is C14H15F5OS. The summed E-state index contributed by atoms with van der Waals surface area (Å²) in [6, 6.07) is 8.33. The van der Waals surface area contributed by atoms with Gasteiger partial charge in [-0.2, -0.15) is 0 Å². The maximum Gasteiger partial charge on any atom is 0.272 e. The number of carbonyl (C=O) groups is 1. The van der Waals surface area contributed by atoms with Crippen molar-refractivity contribution in [3.63, 3.8) is 0 Å². The molecule has 0 radical (unpaired) electrons. The smallest absolute Gasteiger partial charge is 0.272 e. The summed E-state index contributed by atoms with van der Waals surface area (Å²) >= 11 is 0.856. The maximum atomic E-state index is 13.4. The summed E-state index contributed by atoms with van der Waals surface area (Å²) in [4.78, 5) is 11.7. The highest BCUT2D eigenvalue weighted by atomic mass is 32.2. The Morgan fingerprint density at radius 3 is 2.24 bits per heavy atom. The molecule has 21 heavy (non-hydrogen) atoms. The van der Waals surface area contributed by atoms with Crippen LogP contribution in [0.1, 0.15) is 23.2 Å². The van der Waals surface area contributed by atoms with Crippen molar-refractivity contribution in [1.82, 2.24) is 0 Å². The van der Waals surface area contributed by atoms with Gasteiger partial charge in [0, 0.05) is 17.7 Å². The van der Waals surface area contributed by atoms with E-state index in [0.29, 0.717) is 5.56 Å². The molecule has 0 saturated carbocycles. The van der Waals surface area contributed by atoms with Crippen molar-refractivity contribution in [2.24, 2.45) is 0 Å². The van der Waals surface area contributed by atoms with E-state index < -0.39 is 31.4 Å². The second kappa shape index (κ2) is 9.02. The Hall–Kier alpha value is -1.11. The van der Waals surface area contributed by atoms with Crippen LogP contribution in [0, 0.1) is 0 Å². The van der Waals surface area contributed by atoms with E-state index in [1.165, 1.54) is 0 Å². The fourth-order valence-corrected chi connectivity index (χ4v) is 2.45. The second-order valence-corrected chi connectivity index (χ2v) is 5.49. The Morgan fingerprint density at radius 2 is 1.67 bits per heavy atom. The Morgan fingerprint density at radius 1 is 1.05 bits per heavy atom. The van der Waals surface area contributed by atoms with Crippen molar-refractivity contribution in [3.8, 4) is 0 Å². The minimum Gasteiger partial charge on any atom is -0.282 e. The molecule has 0 aliphatic rings. The summed E-state index contributed by atoms with van der Waals surface area (Å²) in [5.74, 6) is 0.0766. The van der Waals surface area contributed by atoms with E-state index in [9.17, 15) is 26.7 Å². The molecule has 0 aromatic heterocycles. The molecule has 1 aromatic rings. The predicted molar refractivity (Wildman–Crippen MR) is 73.2 cm³/mol. The van der Waals surface area contributed by atoms with Crippen LogP contribution in [0.25, 0.3) is 0 Å². The van der Waals surface area contributed by atoms with Gasteiger partial charge in [0.1, 0.15) is 12.3 Å². The third-order valence-corrected chi connectivity index (χ3v) is 3.68. The molecule has 0 amide bonds. The van der Waals surface area contributed by atoms with Gasteiger partial charge in [0.05, 0.1) is 0 Å². The average molecular weight is 326 g/mol. The molecule has 0 N–H and O–H groups in total. The van der Waals surface area contributed by atoms with Crippen molar-refractivity contribution in [3.05, 3.63) is 35.9 Å². The van der Waals surface area contributed by atoms with Crippen LogP contribution in [0.5, 0.6) is 0 Å². The first-order chi connectivity index (χ1) is 9.91. The van der Waals surface area contributed by atoms with E-state index in [1.807, 2.05) is 0 Å². The third-order valence-electron chi connectivity index (χ3n) is 2.74. The van der Waals surface area contributed by atoms with Crippen molar-refractivity contribution >= 4 is 16.9 Å². The van der Waals surface area contributed by atoms with Gasteiger partial charge in [0.2, 0.25) is 5.12 Å². The molecule has 0 saturated heterocycles. The maximum absolute atomic E-state index is 13.4. The van der Waals surface area contributed by atoms with E-state index in [1.54, 1.807) is 30.3 Å². The molecular weight excluding hydrogens is 311 g/mol. The number of hydrogen-bond donors (Lipinski definition) is 0. The lowest BCUT2D eigenvalue weighted by atomic mass is 10.1. The van der Waals surface area contributed by atoms with Gasteiger partial charge in [0.25, 0.3) is 6.43 Å². The molecule has 1 nitrogen and oxygen atoms in total. The first-order valence-electron chi connectivity index (χ1n) is 6.34. The number of alkyl halides is 5. The fraction of sp³-hybridized carbons (Fsp3) is 0.500. The monoisotopic (exact) mass is 326 g/mol. The van der Waals surface area contributed by atoms with Gasteiger partial charge in [-0.05, 0) is 6.42 Å². The van der Waals surface area contributed by atoms with Gasteiger partial charge in [-0.1, -0.05) is 42.1 Å². The molecule has 0 fully saturated rings. The summed E-state index contributed by atoms with van der Waals surface area (Å²) in [7, 11) is 0. The Labute approximate surface area is 123 Å². The highest BCUT2D eigenvalue weighted by molar-refractivity contribution is 8.14. The molecule has 1 rings (SSSR count). The van der Waals surface area contributed by atoms with E-state index in [0.717, 1.165) is 11.8 Å². The van der Waals surface area contributed by atoms with Crippen LogP contribution < -0.4 is 0 Å². The molecule has 3 atom stereocenters. The van der Waals surface area contributed by atoms with E-state index in [-0.39, 0.29) is 17.3 Å². The molecule has 0 bridgehead atoms. The number of thioether (sulfide) groups is 1. The average Bonchev–Trinajstić information content (AvgIpc) is 2.46. The Kier molecular flexibility index (Phi) is 7.71. The van der Waals surface area contributed by atoms with Crippen molar-refractivity contribution in [2.75, 3.05) is 5.75 Å². The van der Waals surface area contributed by atoms with Gasteiger partial charge in [0.15, 0.2) is 6.17 Å². The molecule has 0 spiro atoms. The van der Waals surface area contributed by atoms with E-state index >= 15 is 0 Å². The normalized spacial score (nSPS) is 15.7. The van der Waals surface area contributed by atoms with Crippen LogP contribution in [0.2, 0.25) is 0 Å². The first-order valence-corrected chi connectivity index (χ1v) is 7.33. The second-order valence-electron chi connectivity index (χ2n) is 4.42. The molecule has 0 aliphatic carbocycles. The lowest BCUT2D eigenvalue weighted by Crippen LogP contribution is -2.28. The van der Waals surface area contributed by atoms with E-state index in [2.05, 4.69) is 0 Å². The zero-order valence-electron chi connectivity index (χ0n) is 11.0. The van der Waals surface area contributed by atoms with Crippen molar-refractivity contribution in [2.45, 2.75) is 37.8 Å². The zero-order valence-corrected chi connectivity index (χ0v) is 11.8. The van der Waals surface area contributed by atoms with Crippen molar-refractivity contribution in [1.29, 1.82) is 0 Å². The lowest BCUT2D eigenvalue weighted by Gasteiger charge is -2.15. The minimum absolute atomic E-state index is 0.0766. The molecule has 0 heterocycles.